The molecular formula is C12H14N2O4S2. The smallest absolute Gasteiger partial charge is 0.267 e. The van der Waals surface area contributed by atoms with Gasteiger partial charge in [-0.15, -0.1) is 11.3 Å². The van der Waals surface area contributed by atoms with Crippen molar-refractivity contribution in [2.24, 2.45) is 0 Å². The highest BCUT2D eigenvalue weighted by molar-refractivity contribution is 7.93. The molecule has 0 unspecified atom stereocenters. The van der Waals surface area contributed by atoms with Crippen molar-refractivity contribution in [3.8, 4) is 11.5 Å². The van der Waals surface area contributed by atoms with Crippen LogP contribution >= 0.6 is 11.3 Å². The van der Waals surface area contributed by atoms with Gasteiger partial charge in [-0.05, 0) is 19.1 Å². The maximum Gasteiger partial charge on any atom is 0.267 e. The van der Waals surface area contributed by atoms with Gasteiger partial charge < -0.3 is 9.47 Å². The molecule has 0 aliphatic carbocycles. The van der Waals surface area contributed by atoms with E-state index >= 15 is 0 Å². The summed E-state index contributed by atoms with van der Waals surface area (Å²) < 4.78 is 37.2. The molecule has 1 N–H and O–H groups in total. The molecular weight excluding hydrogens is 300 g/mol. The van der Waals surface area contributed by atoms with E-state index in [0.29, 0.717) is 10.9 Å². The van der Waals surface area contributed by atoms with Crippen molar-refractivity contribution in [1.82, 2.24) is 4.98 Å². The lowest BCUT2D eigenvalue weighted by atomic mass is 10.3. The third-order valence-corrected chi connectivity index (χ3v) is 4.88. The van der Waals surface area contributed by atoms with E-state index in [1.54, 1.807) is 18.4 Å². The number of hydrogen-bond acceptors (Lipinski definition) is 6. The fraction of sp³-hybridized carbons (Fsp3) is 0.250. The largest absolute Gasteiger partial charge is 0.497 e. The molecule has 1 heterocycles. The Morgan fingerprint density at radius 3 is 2.55 bits per heavy atom. The molecule has 0 amide bonds. The van der Waals surface area contributed by atoms with Gasteiger partial charge in [0.1, 0.15) is 16.4 Å². The first kappa shape index (κ1) is 14.6. The molecule has 0 bridgehead atoms. The quantitative estimate of drug-likeness (QED) is 0.916. The number of aryl methyl sites for hydroxylation is 1. The normalized spacial score (nSPS) is 11.2. The zero-order chi connectivity index (χ0) is 14.8. The monoisotopic (exact) mass is 314 g/mol. The predicted octanol–water partition coefficient (Wildman–Crippen LogP) is 2.27. The first-order valence-electron chi connectivity index (χ1n) is 5.63. The van der Waals surface area contributed by atoms with Crippen LogP contribution in [-0.4, -0.2) is 27.6 Å². The van der Waals surface area contributed by atoms with Crippen LogP contribution in [0.2, 0.25) is 0 Å². The Balaban J connectivity index is 2.38. The second-order valence-electron chi connectivity index (χ2n) is 3.92. The van der Waals surface area contributed by atoms with E-state index < -0.39 is 10.0 Å². The molecule has 2 aromatic rings. The number of thiazole rings is 1. The Morgan fingerprint density at radius 2 is 2.00 bits per heavy atom. The molecule has 8 heteroatoms. The minimum absolute atomic E-state index is 0.0358. The number of methoxy groups -OCH3 is 2. The lowest BCUT2D eigenvalue weighted by molar-refractivity contribution is 0.386. The Kier molecular flexibility index (Phi) is 4.15. The van der Waals surface area contributed by atoms with Crippen molar-refractivity contribution in [3.63, 3.8) is 0 Å². The zero-order valence-electron chi connectivity index (χ0n) is 11.2. The van der Waals surface area contributed by atoms with Crippen molar-refractivity contribution in [3.05, 3.63) is 29.3 Å². The topological polar surface area (TPSA) is 77.5 Å². The summed E-state index contributed by atoms with van der Waals surface area (Å²) >= 11 is 1.23. The molecule has 20 heavy (non-hydrogen) atoms. The molecule has 6 nitrogen and oxygen atoms in total. The van der Waals surface area contributed by atoms with E-state index in [4.69, 9.17) is 9.47 Å². The number of rotatable bonds is 5. The lowest BCUT2D eigenvalue weighted by Gasteiger charge is -2.11. The van der Waals surface area contributed by atoms with Crippen LogP contribution in [0, 0.1) is 6.92 Å². The van der Waals surface area contributed by atoms with Crippen LogP contribution in [-0.2, 0) is 10.0 Å². The van der Waals surface area contributed by atoms with E-state index in [9.17, 15) is 8.42 Å². The molecule has 2 rings (SSSR count). The van der Waals surface area contributed by atoms with E-state index in [1.807, 2.05) is 0 Å². The van der Waals surface area contributed by atoms with Gasteiger partial charge in [0.25, 0.3) is 10.0 Å². The van der Waals surface area contributed by atoms with E-state index in [0.717, 1.165) is 5.69 Å². The number of ether oxygens (including phenoxy) is 2. The predicted molar refractivity (Wildman–Crippen MR) is 77.2 cm³/mol. The summed E-state index contributed by atoms with van der Waals surface area (Å²) in [7, 11) is -0.847. The van der Waals surface area contributed by atoms with Gasteiger partial charge in [-0.3, -0.25) is 4.72 Å². The van der Waals surface area contributed by atoms with Crippen LogP contribution in [0.25, 0.3) is 0 Å². The average Bonchev–Trinajstić information content (AvgIpc) is 2.82. The van der Waals surface area contributed by atoms with Crippen LogP contribution in [0.3, 0.4) is 0 Å². The number of benzene rings is 1. The highest BCUT2D eigenvalue weighted by Crippen LogP contribution is 2.30. The van der Waals surface area contributed by atoms with E-state index in [1.165, 1.54) is 37.7 Å². The average molecular weight is 314 g/mol. The maximum atomic E-state index is 12.3. The van der Waals surface area contributed by atoms with Gasteiger partial charge in [-0.25, -0.2) is 13.4 Å². The summed E-state index contributed by atoms with van der Waals surface area (Å²) in [4.78, 5) is 4.11. The number of nitrogens with one attached hydrogen (secondary N) is 1. The minimum atomic E-state index is -3.75. The van der Waals surface area contributed by atoms with Gasteiger partial charge >= 0.3 is 0 Å². The van der Waals surface area contributed by atoms with Crippen LogP contribution in [0.15, 0.2) is 28.5 Å². The highest BCUT2D eigenvalue weighted by Gasteiger charge is 2.21. The highest BCUT2D eigenvalue weighted by atomic mass is 32.2. The Hall–Kier alpha value is -1.80. The molecule has 0 aliphatic heterocycles. The van der Waals surface area contributed by atoms with Gasteiger partial charge in [-0.1, -0.05) is 0 Å². The fourth-order valence-electron chi connectivity index (χ4n) is 1.57. The van der Waals surface area contributed by atoms with Crippen molar-refractivity contribution < 1.29 is 17.9 Å². The zero-order valence-corrected chi connectivity index (χ0v) is 12.8. The molecule has 0 saturated heterocycles. The van der Waals surface area contributed by atoms with E-state index in [-0.39, 0.29) is 10.6 Å². The number of sulfonamides is 1. The minimum Gasteiger partial charge on any atom is -0.497 e. The van der Waals surface area contributed by atoms with Gasteiger partial charge in [0.2, 0.25) is 0 Å². The Bertz CT molecular complexity index is 710. The molecule has 0 saturated carbocycles. The van der Waals surface area contributed by atoms with Crippen LogP contribution in [0.5, 0.6) is 11.5 Å². The van der Waals surface area contributed by atoms with Crippen LogP contribution < -0.4 is 14.2 Å². The fourth-order valence-corrected chi connectivity index (χ4v) is 3.66. The maximum absolute atomic E-state index is 12.3. The molecule has 108 valence electrons. The van der Waals surface area contributed by atoms with Gasteiger partial charge in [0.15, 0.2) is 5.13 Å². The standard InChI is InChI=1S/C12H14N2O4S2/c1-8-7-19-12(13-8)14-20(15,16)11-5-4-9(17-2)6-10(11)18-3/h4-7H,1-3H3,(H,13,14). The molecule has 1 aromatic carbocycles. The van der Waals surface area contributed by atoms with Gasteiger partial charge in [0, 0.05) is 11.4 Å². The van der Waals surface area contributed by atoms with Crippen molar-refractivity contribution >= 4 is 26.5 Å². The lowest BCUT2D eigenvalue weighted by Crippen LogP contribution is -2.14. The van der Waals surface area contributed by atoms with Gasteiger partial charge in [0.05, 0.1) is 19.9 Å². The SMILES string of the molecule is COc1ccc(S(=O)(=O)Nc2nc(C)cs2)c(OC)c1. The summed E-state index contributed by atoms with van der Waals surface area (Å²) in [6.45, 7) is 1.79. The first-order chi connectivity index (χ1) is 9.46. The number of anilines is 1. The molecule has 1 aromatic heterocycles. The summed E-state index contributed by atoms with van der Waals surface area (Å²) in [5.74, 6) is 0.732. The molecule has 0 spiro atoms. The molecule has 0 aliphatic rings. The second-order valence-corrected chi connectivity index (χ2v) is 6.43. The third kappa shape index (κ3) is 3.02. The third-order valence-electron chi connectivity index (χ3n) is 2.50. The number of hydrogen-bond donors (Lipinski definition) is 1. The van der Waals surface area contributed by atoms with Crippen LogP contribution in [0.1, 0.15) is 5.69 Å². The Labute approximate surface area is 121 Å². The molecule has 0 atom stereocenters. The molecule has 0 fully saturated rings. The van der Waals surface area contributed by atoms with E-state index in [2.05, 4.69) is 9.71 Å². The first-order valence-corrected chi connectivity index (χ1v) is 7.99. The van der Waals surface area contributed by atoms with Crippen molar-refractivity contribution in [2.45, 2.75) is 11.8 Å². The summed E-state index contributed by atoms with van der Waals surface area (Å²) in [5, 5.41) is 2.09. The molecule has 0 radical (unpaired) electrons. The van der Waals surface area contributed by atoms with Crippen molar-refractivity contribution in [2.75, 3.05) is 18.9 Å². The van der Waals surface area contributed by atoms with Crippen molar-refractivity contribution in [1.29, 1.82) is 0 Å². The Morgan fingerprint density at radius 1 is 1.25 bits per heavy atom. The summed E-state index contributed by atoms with van der Waals surface area (Å²) in [6, 6.07) is 4.51. The van der Waals surface area contributed by atoms with Crippen LogP contribution in [0.4, 0.5) is 5.13 Å². The number of aromatic nitrogens is 1. The van der Waals surface area contributed by atoms with Gasteiger partial charge in [-0.2, -0.15) is 0 Å². The number of nitrogens with zero attached hydrogens (tertiary/aromatic N) is 1. The summed E-state index contributed by atoms with van der Waals surface area (Å²) in [5.41, 5.74) is 0.759. The summed E-state index contributed by atoms with van der Waals surface area (Å²) in [6.07, 6.45) is 0. The second kappa shape index (κ2) is 5.68.